The molecule has 244 valence electrons. The molecular formula is C47H31N5. The molecule has 0 aliphatic carbocycles. The van der Waals surface area contributed by atoms with Crippen LogP contribution in [0, 0.1) is 0 Å². The van der Waals surface area contributed by atoms with E-state index < -0.39 is 0 Å². The van der Waals surface area contributed by atoms with Gasteiger partial charge in [-0.05, 0) is 97.7 Å². The van der Waals surface area contributed by atoms with Gasteiger partial charge in [0.2, 0.25) is 0 Å². The first kappa shape index (κ1) is 30.9. The van der Waals surface area contributed by atoms with Gasteiger partial charge in [-0.3, -0.25) is 9.97 Å². The standard InChI is InChI=1S/C47H31N5/c1-2-11-33(12-3-1)44-29-38(45-50-46(39-19-9-25-48-30-39)52-47(51-45)40-20-10-26-49-31-40)23-24-43(44)37-18-7-16-35(28-37)34-15-6-17-36(27-34)42-22-8-14-32-13-4-5-21-41(32)42/h1-31H. The fourth-order valence-electron chi connectivity index (χ4n) is 6.75. The van der Waals surface area contributed by atoms with E-state index in [0.717, 1.165) is 44.5 Å². The summed E-state index contributed by atoms with van der Waals surface area (Å²) in [6, 6.07) is 57.4. The van der Waals surface area contributed by atoms with Crippen LogP contribution < -0.4 is 0 Å². The van der Waals surface area contributed by atoms with E-state index in [4.69, 9.17) is 15.0 Å². The summed E-state index contributed by atoms with van der Waals surface area (Å²) in [6.07, 6.45) is 7.04. The van der Waals surface area contributed by atoms with E-state index in [1.54, 1.807) is 24.8 Å². The quantitative estimate of drug-likeness (QED) is 0.169. The molecule has 0 aliphatic rings. The number of hydrogen-bond donors (Lipinski definition) is 0. The van der Waals surface area contributed by atoms with Gasteiger partial charge in [0.25, 0.3) is 0 Å². The van der Waals surface area contributed by atoms with Crippen molar-refractivity contribution in [3.8, 4) is 78.7 Å². The lowest BCUT2D eigenvalue weighted by Crippen LogP contribution is -2.01. The average Bonchev–Trinajstić information content (AvgIpc) is 3.24. The molecule has 3 aromatic heterocycles. The summed E-state index contributed by atoms with van der Waals surface area (Å²) >= 11 is 0. The maximum absolute atomic E-state index is 4.96. The van der Waals surface area contributed by atoms with E-state index in [0.29, 0.717) is 17.5 Å². The van der Waals surface area contributed by atoms with Crippen LogP contribution in [0.4, 0.5) is 0 Å². The summed E-state index contributed by atoms with van der Waals surface area (Å²) in [7, 11) is 0. The number of hydrogen-bond acceptors (Lipinski definition) is 5. The molecule has 0 amide bonds. The molecule has 0 fully saturated rings. The van der Waals surface area contributed by atoms with E-state index in [9.17, 15) is 0 Å². The summed E-state index contributed by atoms with van der Waals surface area (Å²) in [5.41, 5.74) is 11.7. The van der Waals surface area contributed by atoms with Crippen molar-refractivity contribution in [3.05, 3.63) is 189 Å². The van der Waals surface area contributed by atoms with Crippen molar-refractivity contribution in [1.29, 1.82) is 0 Å². The van der Waals surface area contributed by atoms with Gasteiger partial charge in [-0.1, -0.05) is 121 Å². The second-order valence-electron chi connectivity index (χ2n) is 12.6. The van der Waals surface area contributed by atoms with Crippen LogP contribution in [0.5, 0.6) is 0 Å². The van der Waals surface area contributed by atoms with Crippen LogP contribution in [0.1, 0.15) is 0 Å². The average molecular weight is 666 g/mol. The second-order valence-corrected chi connectivity index (χ2v) is 12.6. The molecule has 0 aliphatic heterocycles. The van der Waals surface area contributed by atoms with E-state index in [2.05, 4.69) is 143 Å². The predicted octanol–water partition coefficient (Wildman–Crippen LogP) is 11.5. The van der Waals surface area contributed by atoms with Crippen LogP contribution in [-0.4, -0.2) is 24.9 Å². The Kier molecular flexibility index (Phi) is 8.12. The number of fused-ring (bicyclic) bond motifs is 1. The Morgan fingerprint density at radius 2 is 0.808 bits per heavy atom. The summed E-state index contributed by atoms with van der Waals surface area (Å²) in [6.45, 7) is 0. The van der Waals surface area contributed by atoms with Crippen LogP contribution in [0.25, 0.3) is 89.4 Å². The van der Waals surface area contributed by atoms with Crippen molar-refractivity contribution in [2.45, 2.75) is 0 Å². The topological polar surface area (TPSA) is 64.5 Å². The number of aromatic nitrogens is 5. The van der Waals surface area contributed by atoms with Crippen molar-refractivity contribution >= 4 is 10.8 Å². The van der Waals surface area contributed by atoms with Crippen LogP contribution in [0.15, 0.2) is 189 Å². The molecule has 0 saturated heterocycles. The van der Waals surface area contributed by atoms with Gasteiger partial charge in [-0.15, -0.1) is 0 Å². The van der Waals surface area contributed by atoms with Gasteiger partial charge in [0, 0.05) is 41.5 Å². The normalized spacial score (nSPS) is 11.1. The third kappa shape index (κ3) is 6.12. The lowest BCUT2D eigenvalue weighted by Gasteiger charge is -2.15. The molecular weight excluding hydrogens is 635 g/mol. The Balaban J connectivity index is 1.15. The summed E-state index contributed by atoms with van der Waals surface area (Å²) in [5, 5.41) is 2.49. The molecule has 5 nitrogen and oxygen atoms in total. The molecule has 0 bridgehead atoms. The molecule has 9 rings (SSSR count). The lowest BCUT2D eigenvalue weighted by molar-refractivity contribution is 1.07. The van der Waals surface area contributed by atoms with Crippen LogP contribution >= 0.6 is 0 Å². The van der Waals surface area contributed by atoms with Crippen LogP contribution in [0.3, 0.4) is 0 Å². The van der Waals surface area contributed by atoms with Crippen molar-refractivity contribution in [2.24, 2.45) is 0 Å². The molecule has 5 heteroatoms. The summed E-state index contributed by atoms with van der Waals surface area (Å²) < 4.78 is 0. The van der Waals surface area contributed by atoms with Crippen molar-refractivity contribution < 1.29 is 0 Å². The van der Waals surface area contributed by atoms with Crippen molar-refractivity contribution in [1.82, 2.24) is 24.9 Å². The zero-order valence-corrected chi connectivity index (χ0v) is 28.1. The zero-order valence-electron chi connectivity index (χ0n) is 28.1. The molecule has 0 N–H and O–H groups in total. The molecule has 9 aromatic rings. The molecule has 3 heterocycles. The second kappa shape index (κ2) is 13.7. The Hall–Kier alpha value is -7.11. The Morgan fingerprint density at radius 1 is 0.288 bits per heavy atom. The van der Waals surface area contributed by atoms with Crippen molar-refractivity contribution in [3.63, 3.8) is 0 Å². The van der Waals surface area contributed by atoms with Crippen LogP contribution in [0.2, 0.25) is 0 Å². The highest BCUT2D eigenvalue weighted by Crippen LogP contribution is 2.38. The minimum Gasteiger partial charge on any atom is -0.264 e. The van der Waals surface area contributed by atoms with Gasteiger partial charge < -0.3 is 0 Å². The van der Waals surface area contributed by atoms with Gasteiger partial charge >= 0.3 is 0 Å². The Bertz CT molecular complexity index is 2610. The molecule has 0 saturated carbocycles. The third-order valence-corrected chi connectivity index (χ3v) is 9.31. The van der Waals surface area contributed by atoms with Crippen molar-refractivity contribution in [2.75, 3.05) is 0 Å². The molecule has 0 unspecified atom stereocenters. The fourth-order valence-corrected chi connectivity index (χ4v) is 6.75. The number of benzene rings is 6. The first-order valence-corrected chi connectivity index (χ1v) is 17.2. The van der Waals surface area contributed by atoms with Gasteiger partial charge in [-0.2, -0.15) is 0 Å². The largest absolute Gasteiger partial charge is 0.264 e. The van der Waals surface area contributed by atoms with E-state index in [1.807, 2.05) is 30.3 Å². The number of rotatable bonds is 7. The molecule has 0 radical (unpaired) electrons. The maximum Gasteiger partial charge on any atom is 0.165 e. The van der Waals surface area contributed by atoms with Gasteiger partial charge in [0.05, 0.1) is 0 Å². The summed E-state index contributed by atoms with van der Waals surface area (Å²) in [5.74, 6) is 1.69. The predicted molar refractivity (Wildman–Crippen MR) is 211 cm³/mol. The van der Waals surface area contributed by atoms with Gasteiger partial charge in [0.1, 0.15) is 0 Å². The summed E-state index contributed by atoms with van der Waals surface area (Å²) in [4.78, 5) is 23.4. The monoisotopic (exact) mass is 665 g/mol. The molecule has 0 atom stereocenters. The zero-order chi connectivity index (χ0) is 34.7. The number of nitrogens with zero attached hydrogens (tertiary/aromatic N) is 5. The first-order valence-electron chi connectivity index (χ1n) is 17.2. The van der Waals surface area contributed by atoms with E-state index in [1.165, 1.54) is 27.5 Å². The molecule has 0 spiro atoms. The minimum absolute atomic E-state index is 0.556. The highest BCUT2D eigenvalue weighted by Gasteiger charge is 2.16. The molecule has 6 aromatic carbocycles. The smallest absolute Gasteiger partial charge is 0.165 e. The number of pyridine rings is 2. The highest BCUT2D eigenvalue weighted by molar-refractivity contribution is 5.97. The lowest BCUT2D eigenvalue weighted by atomic mass is 9.90. The first-order chi connectivity index (χ1) is 25.8. The van der Waals surface area contributed by atoms with E-state index in [-0.39, 0.29) is 0 Å². The highest BCUT2D eigenvalue weighted by atomic mass is 15.0. The SMILES string of the molecule is c1ccc(-c2cc(-c3nc(-c4cccnc4)nc(-c4cccnc4)n3)ccc2-c2cccc(-c3cccc(-c4cccc5ccccc45)c3)c2)cc1. The Labute approximate surface area is 302 Å². The van der Waals surface area contributed by atoms with E-state index >= 15 is 0 Å². The van der Waals surface area contributed by atoms with Crippen LogP contribution in [-0.2, 0) is 0 Å². The minimum atomic E-state index is 0.556. The van der Waals surface area contributed by atoms with Gasteiger partial charge in [0.15, 0.2) is 17.5 Å². The maximum atomic E-state index is 4.96. The van der Waals surface area contributed by atoms with Gasteiger partial charge in [-0.25, -0.2) is 15.0 Å². The third-order valence-electron chi connectivity index (χ3n) is 9.31. The fraction of sp³-hybridized carbons (Fsp3) is 0. The molecule has 52 heavy (non-hydrogen) atoms. The Morgan fingerprint density at radius 3 is 1.46 bits per heavy atom.